The number of hydrogen-bond donors (Lipinski definition) is 0. The molecule has 0 saturated heterocycles. The van der Waals surface area contributed by atoms with Crippen molar-refractivity contribution in [1.29, 1.82) is 0 Å². The van der Waals surface area contributed by atoms with E-state index in [2.05, 4.69) is 15.2 Å². The van der Waals surface area contributed by atoms with E-state index in [0.29, 0.717) is 26.3 Å². The van der Waals surface area contributed by atoms with E-state index in [-0.39, 0.29) is 17.0 Å². The number of fused-ring (bicyclic) bond motifs is 1. The minimum atomic E-state index is -0.504. The van der Waals surface area contributed by atoms with Crippen molar-refractivity contribution in [3.63, 3.8) is 0 Å². The predicted molar refractivity (Wildman–Crippen MR) is 118 cm³/mol. The molecule has 3 aromatic heterocycles. The summed E-state index contributed by atoms with van der Waals surface area (Å²) in [5.74, 6) is 0.152. The first-order valence-corrected chi connectivity index (χ1v) is 10.2. The zero-order chi connectivity index (χ0) is 22.2. The molecule has 0 atom stereocenters. The van der Waals surface area contributed by atoms with Gasteiger partial charge in [0.1, 0.15) is 12.0 Å². The van der Waals surface area contributed by atoms with Gasteiger partial charge in [-0.1, -0.05) is 29.5 Å². The first kappa shape index (κ1) is 19.6. The minimum Gasteiger partial charge on any atom is -0.490 e. The van der Waals surface area contributed by atoms with Crippen LogP contribution in [-0.2, 0) is 0 Å². The van der Waals surface area contributed by atoms with E-state index in [1.54, 1.807) is 23.0 Å². The Bertz CT molecular complexity index is 1570. The molecule has 32 heavy (non-hydrogen) atoms. The molecule has 10 nitrogen and oxygen atoms in total. The number of nitrogens with zero attached hydrogens (tertiary/aromatic N) is 6. The standard InChI is InChI=1S/C21H14N6O4S/c1-31-17-8-7-13(9-16(17)27(29)30)19-14(11-25(24-19)15-5-3-2-4-6-15)10-18-20(28)26-21(32-18)22-12-23-26/h2-12H,1H3. The fraction of sp³-hybridized carbons (Fsp3) is 0.0476. The van der Waals surface area contributed by atoms with Gasteiger partial charge in [0.25, 0.3) is 5.56 Å². The highest BCUT2D eigenvalue weighted by Crippen LogP contribution is 2.33. The minimum absolute atomic E-state index is 0.152. The predicted octanol–water partition coefficient (Wildman–Crippen LogP) is 2.47. The number of para-hydroxylation sites is 1. The van der Waals surface area contributed by atoms with Crippen molar-refractivity contribution < 1.29 is 9.66 Å². The van der Waals surface area contributed by atoms with Crippen LogP contribution in [0.1, 0.15) is 5.56 Å². The summed E-state index contributed by atoms with van der Waals surface area (Å²) < 4.78 is 8.43. The molecule has 0 spiro atoms. The molecule has 0 fully saturated rings. The SMILES string of the molecule is COc1ccc(-c2nn(-c3ccccc3)cc2C=c2sc3ncnn3c2=O)cc1[N+](=O)[O-]. The number of aromatic nitrogens is 5. The lowest BCUT2D eigenvalue weighted by atomic mass is 10.1. The number of ether oxygens (including phenoxy) is 1. The molecule has 0 aliphatic rings. The highest BCUT2D eigenvalue weighted by atomic mass is 32.1. The molecule has 5 rings (SSSR count). The Balaban J connectivity index is 1.74. The van der Waals surface area contributed by atoms with E-state index in [4.69, 9.17) is 4.74 Å². The third-order valence-corrected chi connectivity index (χ3v) is 5.79. The van der Waals surface area contributed by atoms with Crippen molar-refractivity contribution in [2.24, 2.45) is 0 Å². The van der Waals surface area contributed by atoms with Crippen molar-refractivity contribution >= 4 is 28.1 Å². The molecule has 0 aliphatic carbocycles. The van der Waals surface area contributed by atoms with Crippen LogP contribution in [0.3, 0.4) is 0 Å². The zero-order valence-corrected chi connectivity index (χ0v) is 17.4. The molecule has 0 saturated carbocycles. The highest BCUT2D eigenvalue weighted by molar-refractivity contribution is 7.15. The summed E-state index contributed by atoms with van der Waals surface area (Å²) in [6.45, 7) is 0. The van der Waals surface area contributed by atoms with E-state index in [9.17, 15) is 14.9 Å². The highest BCUT2D eigenvalue weighted by Gasteiger charge is 2.19. The van der Waals surface area contributed by atoms with Crippen LogP contribution >= 0.6 is 11.3 Å². The summed E-state index contributed by atoms with van der Waals surface area (Å²) in [7, 11) is 1.38. The summed E-state index contributed by atoms with van der Waals surface area (Å²) in [5, 5.41) is 20.1. The smallest absolute Gasteiger partial charge is 0.311 e. The molecule has 0 radical (unpaired) electrons. The summed E-state index contributed by atoms with van der Waals surface area (Å²) in [6, 6.07) is 14.1. The van der Waals surface area contributed by atoms with Crippen LogP contribution in [-0.4, -0.2) is 36.4 Å². The van der Waals surface area contributed by atoms with Crippen molar-refractivity contribution in [2.45, 2.75) is 0 Å². The van der Waals surface area contributed by atoms with Gasteiger partial charge in [0.2, 0.25) is 4.96 Å². The second-order valence-corrected chi connectivity index (χ2v) is 7.74. The van der Waals surface area contributed by atoms with Crippen molar-refractivity contribution in [3.8, 4) is 22.7 Å². The second-order valence-electron chi connectivity index (χ2n) is 6.73. The Morgan fingerprint density at radius 1 is 1.19 bits per heavy atom. The Morgan fingerprint density at radius 2 is 2.00 bits per heavy atom. The Hall–Kier alpha value is -4.38. The number of benzene rings is 2. The van der Waals surface area contributed by atoms with Crippen LogP contribution in [0.2, 0.25) is 0 Å². The normalized spacial score (nSPS) is 11.8. The van der Waals surface area contributed by atoms with Gasteiger partial charge >= 0.3 is 5.69 Å². The lowest BCUT2D eigenvalue weighted by molar-refractivity contribution is -0.385. The molecule has 2 aromatic carbocycles. The van der Waals surface area contributed by atoms with Crippen LogP contribution in [0, 0.1) is 10.1 Å². The van der Waals surface area contributed by atoms with Gasteiger partial charge in [0.05, 0.1) is 22.3 Å². The van der Waals surface area contributed by atoms with Crippen LogP contribution in [0.5, 0.6) is 5.75 Å². The number of thiazole rings is 1. The van der Waals surface area contributed by atoms with Crippen LogP contribution in [0.25, 0.3) is 28.0 Å². The molecular formula is C21H14N6O4S. The molecule has 3 heterocycles. The number of methoxy groups -OCH3 is 1. The average molecular weight is 446 g/mol. The first-order valence-electron chi connectivity index (χ1n) is 9.37. The second kappa shape index (κ2) is 7.71. The molecule has 0 aliphatic heterocycles. The fourth-order valence-corrected chi connectivity index (χ4v) is 4.20. The molecule has 0 unspecified atom stereocenters. The van der Waals surface area contributed by atoms with E-state index in [1.165, 1.54) is 41.4 Å². The Kier molecular flexibility index (Phi) is 4.71. The van der Waals surface area contributed by atoms with Crippen LogP contribution in [0.4, 0.5) is 5.69 Å². The molecule has 158 valence electrons. The lowest BCUT2D eigenvalue weighted by Gasteiger charge is -2.04. The van der Waals surface area contributed by atoms with Gasteiger partial charge in [-0.15, -0.1) is 0 Å². The topological polar surface area (TPSA) is 117 Å². The monoisotopic (exact) mass is 446 g/mol. The average Bonchev–Trinajstić information content (AvgIpc) is 3.51. The first-order chi connectivity index (χ1) is 15.5. The third kappa shape index (κ3) is 3.30. The maximum absolute atomic E-state index is 12.7. The van der Waals surface area contributed by atoms with Crippen molar-refractivity contribution in [3.05, 3.63) is 91.6 Å². The van der Waals surface area contributed by atoms with Gasteiger partial charge in [0, 0.05) is 23.4 Å². The summed E-state index contributed by atoms with van der Waals surface area (Å²) >= 11 is 1.20. The number of nitro benzene ring substituents is 1. The molecule has 0 N–H and O–H groups in total. The van der Waals surface area contributed by atoms with E-state index in [1.807, 2.05) is 30.3 Å². The summed E-state index contributed by atoms with van der Waals surface area (Å²) in [6.07, 6.45) is 4.80. The Morgan fingerprint density at radius 3 is 2.72 bits per heavy atom. The molecule has 0 bridgehead atoms. The number of hydrogen-bond acceptors (Lipinski definition) is 8. The number of rotatable bonds is 5. The van der Waals surface area contributed by atoms with Crippen LogP contribution in [0.15, 0.2) is 65.8 Å². The summed E-state index contributed by atoms with van der Waals surface area (Å²) in [5.41, 5.74) is 1.97. The largest absolute Gasteiger partial charge is 0.490 e. The van der Waals surface area contributed by atoms with E-state index >= 15 is 0 Å². The van der Waals surface area contributed by atoms with Gasteiger partial charge in [-0.2, -0.15) is 14.7 Å². The number of nitro groups is 1. The van der Waals surface area contributed by atoms with Gasteiger partial charge in [0.15, 0.2) is 5.75 Å². The molecule has 11 heteroatoms. The van der Waals surface area contributed by atoms with E-state index in [0.717, 1.165) is 5.69 Å². The van der Waals surface area contributed by atoms with Gasteiger partial charge in [-0.25, -0.2) is 9.67 Å². The quantitative estimate of drug-likeness (QED) is 0.301. The maximum atomic E-state index is 12.7. The Labute approximate surface area is 183 Å². The summed E-state index contributed by atoms with van der Waals surface area (Å²) in [4.78, 5) is 28.2. The van der Waals surface area contributed by atoms with Gasteiger partial charge < -0.3 is 4.74 Å². The molecular weight excluding hydrogens is 432 g/mol. The molecule has 5 aromatic rings. The van der Waals surface area contributed by atoms with Crippen molar-refractivity contribution in [1.82, 2.24) is 24.4 Å². The fourth-order valence-electron chi connectivity index (χ4n) is 3.33. The maximum Gasteiger partial charge on any atom is 0.311 e. The van der Waals surface area contributed by atoms with Gasteiger partial charge in [-0.05, 0) is 30.3 Å². The van der Waals surface area contributed by atoms with Gasteiger partial charge in [-0.3, -0.25) is 14.9 Å². The van der Waals surface area contributed by atoms with E-state index < -0.39 is 4.92 Å². The lowest BCUT2D eigenvalue weighted by Crippen LogP contribution is -2.23. The molecule has 0 amide bonds. The zero-order valence-electron chi connectivity index (χ0n) is 16.6. The van der Waals surface area contributed by atoms with Crippen molar-refractivity contribution in [2.75, 3.05) is 7.11 Å². The third-order valence-electron chi connectivity index (χ3n) is 4.82. The van der Waals surface area contributed by atoms with Crippen LogP contribution < -0.4 is 14.8 Å².